The summed E-state index contributed by atoms with van der Waals surface area (Å²) in [5, 5.41) is 11.6. The number of nitrogens with zero attached hydrogens (tertiary/aromatic N) is 3. The molecule has 20 heavy (non-hydrogen) atoms. The molecule has 0 atom stereocenters. The number of hydrogen-bond donors (Lipinski definition) is 1. The van der Waals surface area contributed by atoms with Gasteiger partial charge in [-0.2, -0.15) is 5.26 Å². The topological polar surface area (TPSA) is 53.6 Å². The van der Waals surface area contributed by atoms with Crippen molar-refractivity contribution in [1.82, 2.24) is 14.9 Å². The van der Waals surface area contributed by atoms with Gasteiger partial charge in [0, 0.05) is 31.0 Å². The van der Waals surface area contributed by atoms with Crippen LogP contribution in [0.1, 0.15) is 17.5 Å². The van der Waals surface area contributed by atoms with E-state index in [9.17, 15) is 8.78 Å². The lowest BCUT2D eigenvalue weighted by Gasteiger charge is -2.08. The zero-order chi connectivity index (χ0) is 14.4. The molecule has 1 aromatic heterocycles. The fourth-order valence-corrected chi connectivity index (χ4v) is 1.86. The first kappa shape index (κ1) is 14.2. The van der Waals surface area contributed by atoms with Crippen LogP contribution in [0.4, 0.5) is 8.78 Å². The molecule has 1 aromatic carbocycles. The molecule has 0 fully saturated rings. The highest BCUT2D eigenvalue weighted by molar-refractivity contribution is 5.34. The van der Waals surface area contributed by atoms with Gasteiger partial charge in [-0.3, -0.25) is 0 Å². The molecule has 0 aliphatic carbocycles. The Morgan fingerprint density at radius 1 is 1.30 bits per heavy atom. The zero-order valence-electron chi connectivity index (χ0n) is 10.8. The van der Waals surface area contributed by atoms with Gasteiger partial charge in [0.2, 0.25) is 0 Å². The van der Waals surface area contributed by atoms with Crippen molar-refractivity contribution in [2.75, 3.05) is 6.54 Å². The number of nitriles is 1. The van der Waals surface area contributed by atoms with Crippen LogP contribution >= 0.6 is 0 Å². The molecule has 0 aliphatic heterocycles. The second kappa shape index (κ2) is 6.78. The molecule has 2 aromatic rings. The average Bonchev–Trinajstić information content (AvgIpc) is 2.94. The van der Waals surface area contributed by atoms with E-state index in [1.807, 2.05) is 10.8 Å². The lowest BCUT2D eigenvalue weighted by atomic mass is 10.1. The number of imidazole rings is 1. The van der Waals surface area contributed by atoms with Crippen LogP contribution in [-0.4, -0.2) is 16.1 Å². The molecule has 0 bridgehead atoms. The highest BCUT2D eigenvalue weighted by Crippen LogP contribution is 2.14. The van der Waals surface area contributed by atoms with Gasteiger partial charge in [-0.05, 0) is 25.1 Å². The molecular weight excluding hydrogens is 262 g/mol. The summed E-state index contributed by atoms with van der Waals surface area (Å²) in [6.07, 6.45) is 6.12. The summed E-state index contributed by atoms with van der Waals surface area (Å²) in [5.41, 5.74) is -0.0458. The largest absolute Gasteiger partial charge is 0.337 e. The van der Waals surface area contributed by atoms with E-state index >= 15 is 0 Å². The quantitative estimate of drug-likeness (QED) is 0.823. The van der Waals surface area contributed by atoms with E-state index in [2.05, 4.69) is 10.3 Å². The summed E-state index contributed by atoms with van der Waals surface area (Å²) < 4.78 is 29.1. The third-order valence-electron chi connectivity index (χ3n) is 2.90. The zero-order valence-corrected chi connectivity index (χ0v) is 10.8. The summed E-state index contributed by atoms with van der Waals surface area (Å²) in [7, 11) is 0. The average molecular weight is 276 g/mol. The predicted molar refractivity (Wildman–Crippen MR) is 69.6 cm³/mol. The van der Waals surface area contributed by atoms with Gasteiger partial charge < -0.3 is 9.88 Å². The number of aryl methyl sites for hydroxylation is 1. The number of benzene rings is 1. The van der Waals surface area contributed by atoms with E-state index in [1.165, 1.54) is 0 Å². The van der Waals surface area contributed by atoms with Gasteiger partial charge in [0.1, 0.15) is 11.6 Å². The molecule has 6 heteroatoms. The Morgan fingerprint density at radius 2 is 2.05 bits per heavy atom. The van der Waals surface area contributed by atoms with Crippen LogP contribution in [0.3, 0.4) is 0 Å². The third-order valence-corrected chi connectivity index (χ3v) is 2.90. The number of hydrogen-bond acceptors (Lipinski definition) is 3. The molecular formula is C14H14F2N4. The van der Waals surface area contributed by atoms with Crippen molar-refractivity contribution >= 4 is 0 Å². The Balaban J connectivity index is 1.81. The smallest absolute Gasteiger partial charge is 0.131 e. The molecule has 0 saturated heterocycles. The van der Waals surface area contributed by atoms with Crippen molar-refractivity contribution in [1.29, 1.82) is 5.26 Å². The lowest BCUT2D eigenvalue weighted by Crippen LogP contribution is -2.18. The summed E-state index contributed by atoms with van der Waals surface area (Å²) >= 11 is 0. The Labute approximate surface area is 115 Å². The highest BCUT2D eigenvalue weighted by Gasteiger charge is 2.10. The van der Waals surface area contributed by atoms with Crippen molar-refractivity contribution in [3.05, 3.63) is 53.6 Å². The molecule has 104 valence electrons. The van der Waals surface area contributed by atoms with Gasteiger partial charge in [-0.15, -0.1) is 0 Å². The first-order valence-electron chi connectivity index (χ1n) is 6.25. The van der Waals surface area contributed by atoms with Crippen LogP contribution in [0.2, 0.25) is 0 Å². The van der Waals surface area contributed by atoms with Crippen LogP contribution in [-0.2, 0) is 13.1 Å². The molecule has 1 heterocycles. The molecule has 0 radical (unpaired) electrons. The summed E-state index contributed by atoms with van der Waals surface area (Å²) in [6.45, 7) is 1.54. The van der Waals surface area contributed by atoms with E-state index in [4.69, 9.17) is 5.26 Å². The van der Waals surface area contributed by atoms with Crippen molar-refractivity contribution in [3.63, 3.8) is 0 Å². The highest BCUT2D eigenvalue weighted by atomic mass is 19.1. The van der Waals surface area contributed by atoms with E-state index in [1.54, 1.807) is 18.6 Å². The fraction of sp³-hybridized carbons (Fsp3) is 0.286. The first-order chi connectivity index (χ1) is 9.70. The number of halogens is 2. The minimum Gasteiger partial charge on any atom is -0.337 e. The SMILES string of the molecule is N#Cc1cc(F)c(CNCCCn2ccnc2)c(F)c1. The lowest BCUT2D eigenvalue weighted by molar-refractivity contribution is 0.523. The maximum Gasteiger partial charge on any atom is 0.131 e. The molecule has 0 aliphatic rings. The second-order valence-electron chi connectivity index (χ2n) is 4.36. The Bertz CT molecular complexity index is 579. The van der Waals surface area contributed by atoms with Crippen molar-refractivity contribution in [2.45, 2.75) is 19.5 Å². The summed E-state index contributed by atoms with van der Waals surface area (Å²) in [6, 6.07) is 3.81. The fourth-order valence-electron chi connectivity index (χ4n) is 1.86. The van der Waals surface area contributed by atoms with Crippen LogP contribution < -0.4 is 5.32 Å². The minimum absolute atomic E-state index is 0.0103. The molecule has 0 amide bonds. The monoisotopic (exact) mass is 276 g/mol. The van der Waals surface area contributed by atoms with Crippen LogP contribution in [0, 0.1) is 23.0 Å². The number of nitrogens with one attached hydrogen (secondary N) is 1. The summed E-state index contributed by atoms with van der Waals surface area (Å²) in [5.74, 6) is -1.38. The molecule has 0 spiro atoms. The van der Waals surface area contributed by atoms with E-state index in [-0.39, 0.29) is 17.7 Å². The van der Waals surface area contributed by atoms with Crippen LogP contribution in [0.25, 0.3) is 0 Å². The molecule has 4 nitrogen and oxygen atoms in total. The van der Waals surface area contributed by atoms with Crippen molar-refractivity contribution < 1.29 is 8.78 Å². The van der Waals surface area contributed by atoms with E-state index in [0.29, 0.717) is 6.54 Å². The molecule has 0 saturated carbocycles. The van der Waals surface area contributed by atoms with Crippen molar-refractivity contribution in [3.8, 4) is 6.07 Å². The Hall–Kier alpha value is -2.26. The Kier molecular flexibility index (Phi) is 4.80. The number of aromatic nitrogens is 2. The van der Waals surface area contributed by atoms with Gasteiger partial charge in [0.15, 0.2) is 0 Å². The van der Waals surface area contributed by atoms with Crippen LogP contribution in [0.15, 0.2) is 30.9 Å². The normalized spacial score (nSPS) is 10.4. The van der Waals surface area contributed by atoms with E-state index < -0.39 is 11.6 Å². The van der Waals surface area contributed by atoms with Crippen molar-refractivity contribution in [2.24, 2.45) is 0 Å². The maximum atomic E-state index is 13.6. The minimum atomic E-state index is -0.691. The van der Waals surface area contributed by atoms with Crippen LogP contribution in [0.5, 0.6) is 0 Å². The molecule has 2 rings (SSSR count). The van der Waals surface area contributed by atoms with Gasteiger partial charge in [0.25, 0.3) is 0 Å². The van der Waals surface area contributed by atoms with Gasteiger partial charge in [-0.1, -0.05) is 0 Å². The van der Waals surface area contributed by atoms with Gasteiger partial charge in [0.05, 0.1) is 18.0 Å². The predicted octanol–water partition coefficient (Wildman–Crippen LogP) is 2.21. The maximum absolute atomic E-state index is 13.6. The van der Waals surface area contributed by atoms with Gasteiger partial charge in [-0.25, -0.2) is 13.8 Å². The second-order valence-corrected chi connectivity index (χ2v) is 4.36. The van der Waals surface area contributed by atoms with E-state index in [0.717, 1.165) is 25.1 Å². The number of rotatable bonds is 6. The Morgan fingerprint density at radius 3 is 2.65 bits per heavy atom. The summed E-state index contributed by atoms with van der Waals surface area (Å²) in [4.78, 5) is 3.93. The third kappa shape index (κ3) is 3.62. The first-order valence-corrected chi connectivity index (χ1v) is 6.25. The molecule has 1 N–H and O–H groups in total. The standard InChI is InChI=1S/C14H14F2N4/c15-13-6-11(8-17)7-14(16)12(13)9-18-2-1-4-20-5-3-19-10-20/h3,5-7,10,18H,1-2,4,9H2. The molecule has 0 unspecified atom stereocenters. The van der Waals surface area contributed by atoms with Gasteiger partial charge >= 0.3 is 0 Å².